The van der Waals surface area contributed by atoms with Gasteiger partial charge >= 0.3 is 56.4 Å². The van der Waals surface area contributed by atoms with Crippen LogP contribution in [0.4, 0.5) is 74.6 Å². The highest BCUT2D eigenvalue weighted by Gasteiger charge is 2.95. The van der Waals surface area contributed by atoms with Crippen LogP contribution in [0.5, 0.6) is 0 Å². The molecular weight excluding hydrogens is 645 g/mol. The molecule has 1 amide bonds. The highest BCUT2D eigenvalue weighted by molar-refractivity contribution is 6.60. The summed E-state index contributed by atoms with van der Waals surface area (Å²) in [5.74, 6) is -61.7. The van der Waals surface area contributed by atoms with Gasteiger partial charge in [-0.15, -0.1) is 0 Å². The number of carbonyl (C=O) groups is 1. The van der Waals surface area contributed by atoms with E-state index in [0.717, 1.165) is 5.32 Å². The summed E-state index contributed by atoms with van der Waals surface area (Å²) >= 11 is 0. The van der Waals surface area contributed by atoms with Crippen molar-refractivity contribution < 1.29 is 92.7 Å². The minimum Gasteiger partial charge on any atom is -0.374 e. The van der Waals surface area contributed by atoms with Gasteiger partial charge in [-0.25, -0.2) is 0 Å². The minimum absolute atomic E-state index is 0.0370. The van der Waals surface area contributed by atoms with Crippen LogP contribution in [0, 0.1) is 0 Å². The quantitative estimate of drug-likeness (QED) is 0.109. The summed E-state index contributed by atoms with van der Waals surface area (Å²) in [6.45, 7) is 3.11. The lowest BCUT2D eigenvalue weighted by Crippen LogP contribution is -2.75. The maximum atomic E-state index is 14.0. The number of hydrogen-bond donors (Lipinski definition) is 1. The van der Waals surface area contributed by atoms with Crippen LogP contribution in [0.1, 0.15) is 27.2 Å². The molecule has 0 bridgehead atoms. The van der Waals surface area contributed by atoms with E-state index < -0.39 is 75.3 Å². The van der Waals surface area contributed by atoms with Crippen molar-refractivity contribution in [2.75, 3.05) is 26.4 Å². The van der Waals surface area contributed by atoms with Gasteiger partial charge in [0.1, 0.15) is 0 Å². The molecule has 5 nitrogen and oxygen atoms in total. The van der Waals surface area contributed by atoms with E-state index in [1.165, 1.54) is 20.8 Å². The lowest BCUT2D eigenvalue weighted by molar-refractivity contribution is -0.459. The molecule has 0 aliphatic carbocycles. The van der Waals surface area contributed by atoms with Crippen LogP contribution >= 0.6 is 0 Å². The molecule has 0 fully saturated rings. The molecule has 0 aromatic rings. The molecule has 0 radical (unpaired) electrons. The first-order valence-electron chi connectivity index (χ1n) is 11.0. The number of alkyl halides is 17. The fourth-order valence-corrected chi connectivity index (χ4v) is 5.54. The largest absolute Gasteiger partial charge is 0.500 e. The van der Waals surface area contributed by atoms with Crippen LogP contribution in [-0.2, 0) is 18.1 Å². The third-order valence-corrected chi connectivity index (χ3v) is 8.20. The van der Waals surface area contributed by atoms with E-state index in [1.807, 2.05) is 0 Å². The Morgan fingerprint density at radius 1 is 0.561 bits per heavy atom. The number of carbonyl (C=O) groups excluding carboxylic acids is 1. The van der Waals surface area contributed by atoms with Crippen molar-refractivity contribution in [1.29, 1.82) is 0 Å². The summed E-state index contributed by atoms with van der Waals surface area (Å²) in [6, 6.07) is -0.353. The molecule has 0 unspecified atom stereocenters. The van der Waals surface area contributed by atoms with Gasteiger partial charge in [0.2, 0.25) is 0 Å². The third kappa shape index (κ3) is 6.65. The van der Waals surface area contributed by atoms with E-state index in [0.29, 0.717) is 0 Å². The van der Waals surface area contributed by atoms with E-state index >= 15 is 0 Å². The second kappa shape index (κ2) is 12.5. The van der Waals surface area contributed by atoms with Crippen LogP contribution in [0.3, 0.4) is 0 Å². The summed E-state index contributed by atoms with van der Waals surface area (Å²) < 4.78 is 242. The Hall–Kier alpha value is -1.62. The second-order valence-electron chi connectivity index (χ2n) is 7.86. The number of nitrogens with one attached hydrogen (secondary N) is 1. The average molecular weight is 667 g/mol. The smallest absolute Gasteiger partial charge is 0.374 e. The Labute approximate surface area is 221 Å². The third-order valence-electron chi connectivity index (χ3n) is 5.05. The van der Waals surface area contributed by atoms with E-state index in [9.17, 15) is 79.4 Å². The topological polar surface area (TPSA) is 56.8 Å². The number of halogens is 17. The van der Waals surface area contributed by atoms with Crippen molar-refractivity contribution in [3.8, 4) is 0 Å². The zero-order chi connectivity index (χ0) is 33.1. The first-order valence-corrected chi connectivity index (χ1v) is 12.9. The van der Waals surface area contributed by atoms with E-state index in [1.54, 1.807) is 0 Å². The average Bonchev–Trinajstić information content (AvgIpc) is 2.80. The van der Waals surface area contributed by atoms with Crippen LogP contribution in [0.15, 0.2) is 0 Å². The van der Waals surface area contributed by atoms with Gasteiger partial charge in [0.15, 0.2) is 0 Å². The van der Waals surface area contributed by atoms with Crippen molar-refractivity contribution in [1.82, 2.24) is 5.32 Å². The molecule has 0 aliphatic heterocycles. The molecule has 0 spiro atoms. The standard InChI is InChI=1S/C18H22F17NO4Si/c1-4-38-41(39-5-2,40-6-3)9-7-8-36-10(37)11(19,20)12(21,22)13(23,24)14(25,26)15(27,28)16(29,30)17(31,32)18(33,34)35/h4-9H2,1-3H3,(H,36,37). The molecule has 23 heteroatoms. The van der Waals surface area contributed by atoms with E-state index in [-0.39, 0.29) is 25.9 Å². The normalized spacial score (nSPS) is 15.3. The summed E-state index contributed by atoms with van der Waals surface area (Å²) in [7, 11) is -3.57. The Kier molecular flexibility index (Phi) is 12.0. The van der Waals surface area contributed by atoms with Crippen LogP contribution < -0.4 is 5.32 Å². The van der Waals surface area contributed by atoms with Gasteiger partial charge in [-0.3, -0.25) is 4.79 Å². The lowest BCUT2D eigenvalue weighted by atomic mass is 9.89. The Bertz CT molecular complexity index is 865. The van der Waals surface area contributed by atoms with E-state index in [2.05, 4.69) is 0 Å². The molecule has 0 heterocycles. The molecule has 0 rings (SSSR count). The van der Waals surface area contributed by atoms with Gasteiger partial charge in [-0.05, 0) is 27.2 Å². The molecular formula is C18H22F17NO4Si. The van der Waals surface area contributed by atoms with Gasteiger partial charge in [-0.2, -0.15) is 74.6 Å². The molecule has 0 aliphatic rings. The lowest BCUT2D eigenvalue weighted by Gasteiger charge is -2.42. The number of amides is 1. The van der Waals surface area contributed by atoms with Crippen LogP contribution in [0.2, 0.25) is 6.04 Å². The van der Waals surface area contributed by atoms with Gasteiger partial charge in [0.05, 0.1) is 0 Å². The van der Waals surface area contributed by atoms with Crippen LogP contribution in [-0.4, -0.2) is 88.7 Å². The fourth-order valence-electron chi connectivity index (χ4n) is 2.93. The Balaban J connectivity index is 6.16. The minimum atomic E-state index is -8.76. The van der Waals surface area contributed by atoms with Crippen molar-refractivity contribution in [2.24, 2.45) is 0 Å². The zero-order valence-electron chi connectivity index (χ0n) is 20.8. The molecule has 0 saturated carbocycles. The highest BCUT2D eigenvalue weighted by atomic mass is 28.4. The van der Waals surface area contributed by atoms with Crippen LogP contribution in [0.25, 0.3) is 0 Å². The maximum absolute atomic E-state index is 14.0. The summed E-state index contributed by atoms with van der Waals surface area (Å²) in [5, 5.41) is 0.869. The highest BCUT2D eigenvalue weighted by Crippen LogP contribution is 2.63. The SMILES string of the molecule is CCO[Si](CCCNC(=O)C(F)(F)C(F)(F)C(F)(F)C(F)(F)C(F)(F)C(F)(F)C(F)(F)C(F)(F)F)(OCC)OCC. The van der Waals surface area contributed by atoms with Gasteiger partial charge in [0, 0.05) is 32.4 Å². The fraction of sp³-hybridized carbons (Fsp3) is 0.944. The van der Waals surface area contributed by atoms with Gasteiger partial charge in [0.25, 0.3) is 5.91 Å². The predicted molar refractivity (Wildman–Crippen MR) is 104 cm³/mol. The second-order valence-corrected chi connectivity index (χ2v) is 10.6. The monoisotopic (exact) mass is 667 g/mol. The maximum Gasteiger partial charge on any atom is 0.500 e. The molecule has 246 valence electrons. The molecule has 41 heavy (non-hydrogen) atoms. The first kappa shape index (κ1) is 39.4. The number of rotatable bonds is 17. The van der Waals surface area contributed by atoms with Crippen molar-refractivity contribution in [3.05, 3.63) is 0 Å². The number of hydrogen-bond acceptors (Lipinski definition) is 4. The summed E-state index contributed by atoms with van der Waals surface area (Å²) in [4.78, 5) is 11.5. The molecule has 0 atom stereocenters. The van der Waals surface area contributed by atoms with E-state index in [4.69, 9.17) is 13.3 Å². The molecule has 0 aromatic carbocycles. The summed E-state index contributed by atoms with van der Waals surface area (Å²) in [6.07, 6.45) is -8.41. The van der Waals surface area contributed by atoms with Gasteiger partial charge in [-0.1, -0.05) is 0 Å². The van der Waals surface area contributed by atoms with Crippen molar-refractivity contribution in [3.63, 3.8) is 0 Å². The molecule has 0 saturated heterocycles. The molecule has 0 aromatic heterocycles. The Morgan fingerprint density at radius 3 is 1.20 bits per heavy atom. The van der Waals surface area contributed by atoms with Crippen molar-refractivity contribution in [2.45, 2.75) is 80.9 Å². The summed E-state index contributed by atoms with van der Waals surface area (Å²) in [5.41, 5.74) is 0. The zero-order valence-corrected chi connectivity index (χ0v) is 21.8. The van der Waals surface area contributed by atoms with Crippen molar-refractivity contribution >= 4 is 14.7 Å². The Morgan fingerprint density at radius 2 is 0.878 bits per heavy atom. The van der Waals surface area contributed by atoms with Gasteiger partial charge < -0.3 is 18.6 Å². The predicted octanol–water partition coefficient (Wildman–Crippen LogP) is 6.55. The first-order chi connectivity index (χ1) is 18.1. The molecule has 1 N–H and O–H groups in total.